The van der Waals surface area contributed by atoms with Crippen LogP contribution in [0.2, 0.25) is 0 Å². The molecule has 0 fully saturated rings. The molecule has 3 rings (SSSR count). The first kappa shape index (κ1) is 20.3. The number of ether oxygens (including phenoxy) is 2. The number of aromatic amines is 1. The molecule has 3 aromatic rings. The van der Waals surface area contributed by atoms with Crippen LogP contribution in [-0.4, -0.2) is 37.1 Å². The molecule has 1 unspecified atom stereocenters. The van der Waals surface area contributed by atoms with Crippen LogP contribution >= 0.6 is 0 Å². The number of fused-ring (bicyclic) bond motifs is 1. The number of H-pyrrole nitrogens is 1. The third-order valence-electron chi connectivity index (χ3n) is 4.78. The standard InChI is InChI=1S/C22H25N3O4/c1-13-9-20(28-3)21(29-4)11-18(13)25-22(27)19(24-14(2)26)10-15-12-23-17-8-6-5-7-16(15)17/h5-9,11-12,19,23H,10H2,1-4H3,(H,24,26)(H,25,27). The van der Waals surface area contributed by atoms with Crippen molar-refractivity contribution in [1.29, 1.82) is 0 Å². The lowest BCUT2D eigenvalue weighted by Crippen LogP contribution is -2.44. The van der Waals surface area contributed by atoms with Gasteiger partial charge < -0.3 is 25.1 Å². The van der Waals surface area contributed by atoms with E-state index in [0.29, 0.717) is 23.6 Å². The first-order valence-corrected chi connectivity index (χ1v) is 9.28. The molecule has 0 saturated heterocycles. The third-order valence-corrected chi connectivity index (χ3v) is 4.78. The van der Waals surface area contributed by atoms with Gasteiger partial charge in [0, 0.05) is 42.2 Å². The van der Waals surface area contributed by atoms with Gasteiger partial charge in [-0.3, -0.25) is 9.59 Å². The molecule has 1 aromatic heterocycles. The molecule has 0 radical (unpaired) electrons. The summed E-state index contributed by atoms with van der Waals surface area (Å²) >= 11 is 0. The molecule has 0 aliphatic heterocycles. The topological polar surface area (TPSA) is 92.5 Å². The van der Waals surface area contributed by atoms with Gasteiger partial charge in [0.05, 0.1) is 14.2 Å². The summed E-state index contributed by atoms with van der Waals surface area (Å²) in [6.07, 6.45) is 2.23. The number of anilines is 1. The Kier molecular flexibility index (Phi) is 6.07. The number of amides is 2. The molecule has 0 saturated carbocycles. The fourth-order valence-corrected chi connectivity index (χ4v) is 3.31. The van der Waals surface area contributed by atoms with E-state index in [4.69, 9.17) is 9.47 Å². The van der Waals surface area contributed by atoms with E-state index in [1.54, 1.807) is 19.2 Å². The molecule has 0 bridgehead atoms. The summed E-state index contributed by atoms with van der Waals surface area (Å²) in [4.78, 5) is 27.9. The van der Waals surface area contributed by atoms with Crippen molar-refractivity contribution < 1.29 is 19.1 Å². The van der Waals surface area contributed by atoms with E-state index >= 15 is 0 Å². The first-order valence-electron chi connectivity index (χ1n) is 9.28. The number of hydrogen-bond acceptors (Lipinski definition) is 4. The van der Waals surface area contributed by atoms with Gasteiger partial charge in [-0.05, 0) is 30.2 Å². The number of aryl methyl sites for hydroxylation is 1. The van der Waals surface area contributed by atoms with E-state index in [2.05, 4.69) is 15.6 Å². The lowest BCUT2D eigenvalue weighted by molar-refractivity contribution is -0.125. The summed E-state index contributed by atoms with van der Waals surface area (Å²) in [6.45, 7) is 3.27. The predicted molar refractivity (Wildman–Crippen MR) is 113 cm³/mol. The Labute approximate surface area is 169 Å². The zero-order valence-corrected chi connectivity index (χ0v) is 17.0. The van der Waals surface area contributed by atoms with Gasteiger partial charge in [-0.15, -0.1) is 0 Å². The molecular formula is C22H25N3O4. The van der Waals surface area contributed by atoms with Gasteiger partial charge in [0.25, 0.3) is 0 Å². The Morgan fingerprint density at radius 1 is 1.10 bits per heavy atom. The molecule has 1 heterocycles. The Morgan fingerprint density at radius 3 is 2.48 bits per heavy atom. The van der Waals surface area contributed by atoms with Crippen LogP contribution in [0.4, 0.5) is 5.69 Å². The fourth-order valence-electron chi connectivity index (χ4n) is 3.31. The highest BCUT2D eigenvalue weighted by atomic mass is 16.5. The average Bonchev–Trinajstić information content (AvgIpc) is 3.11. The zero-order chi connectivity index (χ0) is 21.0. The minimum Gasteiger partial charge on any atom is -0.493 e. The molecule has 0 spiro atoms. The second-order valence-corrected chi connectivity index (χ2v) is 6.83. The SMILES string of the molecule is COc1cc(C)c(NC(=O)C(Cc2c[nH]c3ccccc23)NC(C)=O)cc1OC. The number of benzene rings is 2. The van der Waals surface area contributed by atoms with Crippen molar-refractivity contribution in [2.24, 2.45) is 0 Å². The molecule has 3 N–H and O–H groups in total. The number of hydrogen-bond donors (Lipinski definition) is 3. The van der Waals surface area contributed by atoms with E-state index < -0.39 is 6.04 Å². The molecule has 0 aliphatic carbocycles. The highest BCUT2D eigenvalue weighted by Crippen LogP contribution is 2.33. The van der Waals surface area contributed by atoms with Crippen LogP contribution < -0.4 is 20.1 Å². The Hall–Kier alpha value is -3.48. The van der Waals surface area contributed by atoms with Crippen LogP contribution in [-0.2, 0) is 16.0 Å². The van der Waals surface area contributed by atoms with E-state index in [-0.39, 0.29) is 11.8 Å². The molecule has 2 amide bonds. The number of methoxy groups -OCH3 is 2. The van der Waals surface area contributed by atoms with Crippen molar-refractivity contribution in [3.8, 4) is 11.5 Å². The number of nitrogens with one attached hydrogen (secondary N) is 3. The van der Waals surface area contributed by atoms with Crippen LogP contribution in [0.25, 0.3) is 10.9 Å². The Balaban J connectivity index is 1.85. The van der Waals surface area contributed by atoms with Gasteiger partial charge >= 0.3 is 0 Å². The second-order valence-electron chi connectivity index (χ2n) is 6.83. The van der Waals surface area contributed by atoms with Crippen molar-refractivity contribution in [3.63, 3.8) is 0 Å². The highest BCUT2D eigenvalue weighted by molar-refractivity contribution is 5.98. The molecular weight excluding hydrogens is 370 g/mol. The van der Waals surface area contributed by atoms with Crippen LogP contribution in [0.1, 0.15) is 18.1 Å². The van der Waals surface area contributed by atoms with Crippen molar-refractivity contribution in [1.82, 2.24) is 10.3 Å². The second kappa shape index (κ2) is 8.68. The smallest absolute Gasteiger partial charge is 0.247 e. The van der Waals surface area contributed by atoms with Crippen LogP contribution in [0.3, 0.4) is 0 Å². The van der Waals surface area contributed by atoms with Crippen molar-refractivity contribution >= 4 is 28.4 Å². The maximum absolute atomic E-state index is 13.0. The summed E-state index contributed by atoms with van der Waals surface area (Å²) in [5.74, 6) is 0.524. The molecule has 7 nitrogen and oxygen atoms in total. The lowest BCUT2D eigenvalue weighted by atomic mass is 10.0. The number of carbonyl (C=O) groups is 2. The van der Waals surface area contributed by atoms with E-state index in [1.165, 1.54) is 14.0 Å². The maximum Gasteiger partial charge on any atom is 0.247 e. The van der Waals surface area contributed by atoms with Gasteiger partial charge in [-0.25, -0.2) is 0 Å². The van der Waals surface area contributed by atoms with Crippen LogP contribution in [0, 0.1) is 6.92 Å². The van der Waals surface area contributed by atoms with E-state index in [0.717, 1.165) is 22.0 Å². The fraction of sp³-hybridized carbons (Fsp3) is 0.273. The van der Waals surface area contributed by atoms with Gasteiger partial charge in [-0.2, -0.15) is 0 Å². The summed E-state index contributed by atoms with van der Waals surface area (Å²) in [7, 11) is 3.10. The van der Waals surface area contributed by atoms with E-state index in [1.807, 2.05) is 37.4 Å². The molecule has 152 valence electrons. The van der Waals surface area contributed by atoms with Gasteiger partial charge in [-0.1, -0.05) is 18.2 Å². The number of carbonyl (C=O) groups excluding carboxylic acids is 2. The summed E-state index contributed by atoms with van der Waals surface area (Å²) in [5, 5.41) is 6.68. The number of aromatic nitrogens is 1. The molecule has 2 aromatic carbocycles. The summed E-state index contributed by atoms with van der Waals surface area (Å²) in [6, 6.07) is 10.6. The number of para-hydroxylation sites is 1. The van der Waals surface area contributed by atoms with E-state index in [9.17, 15) is 9.59 Å². The molecule has 1 atom stereocenters. The predicted octanol–water partition coefficient (Wildman–Crippen LogP) is 3.18. The summed E-state index contributed by atoms with van der Waals surface area (Å²) < 4.78 is 10.6. The van der Waals surface area contributed by atoms with Crippen LogP contribution in [0.15, 0.2) is 42.6 Å². The highest BCUT2D eigenvalue weighted by Gasteiger charge is 2.22. The van der Waals surface area contributed by atoms with Crippen molar-refractivity contribution in [2.75, 3.05) is 19.5 Å². The van der Waals surface area contributed by atoms with Crippen LogP contribution in [0.5, 0.6) is 11.5 Å². The summed E-state index contributed by atoms with van der Waals surface area (Å²) in [5.41, 5.74) is 3.37. The first-order chi connectivity index (χ1) is 13.9. The molecule has 29 heavy (non-hydrogen) atoms. The van der Waals surface area contributed by atoms with Crippen molar-refractivity contribution in [2.45, 2.75) is 26.3 Å². The lowest BCUT2D eigenvalue weighted by Gasteiger charge is -2.19. The zero-order valence-electron chi connectivity index (χ0n) is 17.0. The average molecular weight is 395 g/mol. The van der Waals surface area contributed by atoms with Gasteiger partial charge in [0.2, 0.25) is 11.8 Å². The van der Waals surface area contributed by atoms with Crippen molar-refractivity contribution in [3.05, 3.63) is 53.7 Å². The number of rotatable bonds is 7. The van der Waals surface area contributed by atoms with Gasteiger partial charge in [0.1, 0.15) is 6.04 Å². The molecule has 0 aliphatic rings. The normalized spacial score (nSPS) is 11.7. The van der Waals surface area contributed by atoms with Gasteiger partial charge in [0.15, 0.2) is 11.5 Å². The Bertz CT molecular complexity index is 1040. The maximum atomic E-state index is 13.0. The largest absolute Gasteiger partial charge is 0.493 e. The third kappa shape index (κ3) is 4.51. The minimum absolute atomic E-state index is 0.269. The quantitative estimate of drug-likeness (QED) is 0.573. The monoisotopic (exact) mass is 395 g/mol. The minimum atomic E-state index is -0.723. The Morgan fingerprint density at radius 2 is 1.79 bits per heavy atom. The molecule has 7 heteroatoms.